The number of amides is 2. The van der Waals surface area contributed by atoms with Crippen molar-refractivity contribution in [2.45, 2.75) is 12.5 Å². The molecule has 0 bridgehead atoms. The summed E-state index contributed by atoms with van der Waals surface area (Å²) in [6.07, 6.45) is 0.169. The molecule has 1 aliphatic rings. The lowest BCUT2D eigenvalue weighted by molar-refractivity contribution is -0.117. The Balaban J connectivity index is 1.48. The molecule has 3 aromatic rings. The molecule has 1 fully saturated rings. The number of carbonyl (C=O) groups excluding carboxylic acids is 2. The van der Waals surface area contributed by atoms with Gasteiger partial charge in [0.05, 0.1) is 6.04 Å². The van der Waals surface area contributed by atoms with Crippen molar-refractivity contribution in [1.29, 1.82) is 0 Å². The van der Waals surface area contributed by atoms with Gasteiger partial charge in [-0.25, -0.2) is 4.39 Å². The summed E-state index contributed by atoms with van der Waals surface area (Å²) in [5.41, 5.74) is 1.13. The molecule has 2 aromatic carbocycles. The monoisotopic (exact) mass is 338 g/mol. The molecule has 126 valence electrons. The van der Waals surface area contributed by atoms with Gasteiger partial charge in [-0.15, -0.1) is 0 Å². The van der Waals surface area contributed by atoms with Crippen molar-refractivity contribution in [2.75, 3.05) is 11.4 Å². The van der Waals surface area contributed by atoms with Crippen LogP contribution in [0.5, 0.6) is 0 Å². The van der Waals surface area contributed by atoms with E-state index in [2.05, 4.69) is 5.32 Å². The SMILES string of the molecule is O=C(N[C@@H]1CC(=O)N(c2cccc(F)c2)C1)c1cc2ccccc2o1. The Morgan fingerprint density at radius 1 is 1.16 bits per heavy atom. The lowest BCUT2D eigenvalue weighted by Gasteiger charge is -2.17. The van der Waals surface area contributed by atoms with Crippen LogP contribution in [0.2, 0.25) is 0 Å². The highest BCUT2D eigenvalue weighted by molar-refractivity contribution is 5.99. The molecule has 25 heavy (non-hydrogen) atoms. The van der Waals surface area contributed by atoms with Gasteiger partial charge in [0.15, 0.2) is 5.76 Å². The highest BCUT2D eigenvalue weighted by atomic mass is 19.1. The highest BCUT2D eigenvalue weighted by Crippen LogP contribution is 2.23. The van der Waals surface area contributed by atoms with Crippen LogP contribution < -0.4 is 10.2 Å². The van der Waals surface area contributed by atoms with Crippen LogP contribution in [0.25, 0.3) is 11.0 Å². The Bertz CT molecular complexity index is 933. The highest BCUT2D eigenvalue weighted by Gasteiger charge is 2.32. The summed E-state index contributed by atoms with van der Waals surface area (Å²) in [4.78, 5) is 26.0. The minimum absolute atomic E-state index is 0.152. The molecule has 0 unspecified atom stereocenters. The molecule has 1 aromatic heterocycles. The van der Waals surface area contributed by atoms with Gasteiger partial charge < -0.3 is 14.6 Å². The third-order valence-electron chi connectivity index (χ3n) is 4.23. The van der Waals surface area contributed by atoms with Gasteiger partial charge in [0.2, 0.25) is 5.91 Å². The molecular formula is C19H15FN2O3. The van der Waals surface area contributed by atoms with Crippen molar-refractivity contribution in [3.8, 4) is 0 Å². The molecule has 1 aliphatic heterocycles. The van der Waals surface area contributed by atoms with Crippen molar-refractivity contribution in [1.82, 2.24) is 5.32 Å². The van der Waals surface area contributed by atoms with Gasteiger partial charge in [0, 0.05) is 24.0 Å². The maximum atomic E-state index is 13.4. The number of fused-ring (bicyclic) bond motifs is 1. The molecule has 0 aliphatic carbocycles. The number of rotatable bonds is 3. The normalized spacial score (nSPS) is 17.2. The Morgan fingerprint density at radius 2 is 2.00 bits per heavy atom. The van der Waals surface area contributed by atoms with E-state index < -0.39 is 5.82 Å². The smallest absolute Gasteiger partial charge is 0.287 e. The number of furan rings is 1. The number of nitrogens with zero attached hydrogens (tertiary/aromatic N) is 1. The van der Waals surface area contributed by atoms with Gasteiger partial charge >= 0.3 is 0 Å². The van der Waals surface area contributed by atoms with E-state index in [1.54, 1.807) is 24.3 Å². The first-order chi connectivity index (χ1) is 12.1. The van der Waals surface area contributed by atoms with Crippen LogP contribution in [-0.2, 0) is 4.79 Å². The Kier molecular flexibility index (Phi) is 3.72. The van der Waals surface area contributed by atoms with Crippen molar-refractivity contribution in [3.63, 3.8) is 0 Å². The fourth-order valence-electron chi connectivity index (χ4n) is 3.05. The van der Waals surface area contributed by atoms with E-state index in [9.17, 15) is 14.0 Å². The second kappa shape index (κ2) is 6.05. The number of anilines is 1. The summed E-state index contributed by atoms with van der Waals surface area (Å²) in [5, 5.41) is 3.66. The second-order valence-electron chi connectivity index (χ2n) is 6.01. The molecule has 1 saturated heterocycles. The van der Waals surface area contributed by atoms with Crippen LogP contribution in [0.1, 0.15) is 17.0 Å². The maximum Gasteiger partial charge on any atom is 0.287 e. The third-order valence-corrected chi connectivity index (χ3v) is 4.23. The first kappa shape index (κ1) is 15.4. The van der Waals surface area contributed by atoms with Crippen molar-refractivity contribution in [3.05, 3.63) is 66.2 Å². The largest absolute Gasteiger partial charge is 0.451 e. The summed E-state index contributed by atoms with van der Waals surface area (Å²) in [6, 6.07) is 14.5. The zero-order valence-corrected chi connectivity index (χ0v) is 13.2. The van der Waals surface area contributed by atoms with E-state index >= 15 is 0 Å². The lowest BCUT2D eigenvalue weighted by atomic mass is 10.2. The molecule has 4 rings (SSSR count). The minimum Gasteiger partial charge on any atom is -0.451 e. The van der Waals surface area contributed by atoms with Crippen molar-refractivity contribution in [2.24, 2.45) is 0 Å². The van der Waals surface area contributed by atoms with E-state index in [4.69, 9.17) is 4.42 Å². The van der Waals surface area contributed by atoms with Gasteiger partial charge in [0.1, 0.15) is 11.4 Å². The number of nitrogens with one attached hydrogen (secondary N) is 1. The van der Waals surface area contributed by atoms with E-state index in [1.165, 1.54) is 17.0 Å². The quantitative estimate of drug-likeness (QED) is 0.798. The Labute approximate surface area is 143 Å². The van der Waals surface area contributed by atoms with Crippen molar-refractivity contribution < 1.29 is 18.4 Å². The average Bonchev–Trinajstić information content (AvgIpc) is 3.18. The van der Waals surface area contributed by atoms with E-state index in [0.29, 0.717) is 17.8 Å². The zero-order chi connectivity index (χ0) is 17.4. The Hall–Kier alpha value is -3.15. The number of halogens is 1. The summed E-state index contributed by atoms with van der Waals surface area (Å²) < 4.78 is 18.9. The number of para-hydroxylation sites is 1. The molecule has 2 amide bonds. The van der Waals surface area contributed by atoms with Gasteiger partial charge in [-0.1, -0.05) is 24.3 Å². The summed E-state index contributed by atoms with van der Waals surface area (Å²) in [6.45, 7) is 0.300. The fourth-order valence-corrected chi connectivity index (χ4v) is 3.05. The molecule has 5 nitrogen and oxygen atoms in total. The number of benzene rings is 2. The van der Waals surface area contributed by atoms with E-state index in [-0.39, 0.29) is 30.0 Å². The van der Waals surface area contributed by atoms with E-state index in [0.717, 1.165) is 5.39 Å². The van der Waals surface area contributed by atoms with Crippen LogP contribution in [0.3, 0.4) is 0 Å². The predicted molar refractivity (Wildman–Crippen MR) is 90.8 cm³/mol. The number of hydrogen-bond donors (Lipinski definition) is 1. The standard InChI is InChI=1S/C19H15FN2O3/c20-13-5-3-6-15(9-13)22-11-14(10-18(22)23)21-19(24)17-8-12-4-1-2-7-16(12)25-17/h1-9,14H,10-11H2,(H,21,24)/t14-/m1/s1. The van der Waals surface area contributed by atoms with Gasteiger partial charge in [-0.05, 0) is 30.3 Å². The molecule has 1 N–H and O–H groups in total. The van der Waals surface area contributed by atoms with Gasteiger partial charge in [-0.3, -0.25) is 9.59 Å². The minimum atomic E-state index is -0.403. The molecule has 6 heteroatoms. The van der Waals surface area contributed by atoms with Crippen LogP contribution in [-0.4, -0.2) is 24.4 Å². The lowest BCUT2D eigenvalue weighted by Crippen LogP contribution is -2.37. The first-order valence-electron chi connectivity index (χ1n) is 7.95. The summed E-state index contributed by atoms with van der Waals surface area (Å²) in [7, 11) is 0. The second-order valence-corrected chi connectivity index (χ2v) is 6.01. The van der Waals surface area contributed by atoms with Crippen LogP contribution in [0.4, 0.5) is 10.1 Å². The van der Waals surface area contributed by atoms with Crippen LogP contribution in [0.15, 0.2) is 59.0 Å². The predicted octanol–water partition coefficient (Wildman–Crippen LogP) is 3.11. The van der Waals surface area contributed by atoms with E-state index in [1.807, 2.05) is 18.2 Å². The average molecular weight is 338 g/mol. The fraction of sp³-hybridized carbons (Fsp3) is 0.158. The van der Waals surface area contributed by atoms with Crippen LogP contribution >= 0.6 is 0 Å². The third kappa shape index (κ3) is 2.98. The molecule has 2 heterocycles. The van der Waals surface area contributed by atoms with Gasteiger partial charge in [0.25, 0.3) is 5.91 Å². The maximum absolute atomic E-state index is 13.4. The molecule has 0 radical (unpaired) electrons. The van der Waals surface area contributed by atoms with Gasteiger partial charge in [-0.2, -0.15) is 0 Å². The summed E-state index contributed by atoms with van der Waals surface area (Å²) in [5.74, 6) is -0.714. The van der Waals surface area contributed by atoms with Crippen molar-refractivity contribution >= 4 is 28.5 Å². The number of carbonyl (C=O) groups is 2. The summed E-state index contributed by atoms with van der Waals surface area (Å²) >= 11 is 0. The molecule has 0 saturated carbocycles. The first-order valence-corrected chi connectivity index (χ1v) is 7.95. The van der Waals surface area contributed by atoms with Crippen LogP contribution in [0, 0.1) is 5.82 Å². The Morgan fingerprint density at radius 3 is 2.80 bits per heavy atom. The molecule has 1 atom stereocenters. The number of hydrogen-bond acceptors (Lipinski definition) is 3. The zero-order valence-electron chi connectivity index (χ0n) is 13.2. The molecule has 0 spiro atoms. The molecular weight excluding hydrogens is 323 g/mol. The topological polar surface area (TPSA) is 62.6 Å².